The molecule has 1 aliphatic carbocycles. The third-order valence-electron chi connectivity index (χ3n) is 4.71. The summed E-state index contributed by atoms with van der Waals surface area (Å²) in [5.41, 5.74) is 2.18. The molecule has 0 N–H and O–H groups in total. The van der Waals surface area contributed by atoms with E-state index in [2.05, 4.69) is 18.2 Å². The van der Waals surface area contributed by atoms with Crippen molar-refractivity contribution in [3.05, 3.63) is 47.7 Å². The van der Waals surface area contributed by atoms with Gasteiger partial charge in [-0.05, 0) is 75.0 Å². The molecule has 0 radical (unpaired) electrons. The number of benzene rings is 1. The number of nitriles is 1. The van der Waals surface area contributed by atoms with Gasteiger partial charge in [-0.1, -0.05) is 24.6 Å². The van der Waals surface area contributed by atoms with Crippen LogP contribution in [0.3, 0.4) is 0 Å². The molecule has 0 saturated heterocycles. The van der Waals surface area contributed by atoms with Gasteiger partial charge < -0.3 is 4.74 Å². The van der Waals surface area contributed by atoms with Gasteiger partial charge in [0.2, 0.25) is 0 Å². The smallest absolute Gasteiger partial charge is 0.0991 e. The fraction of sp³-hybridized carbons (Fsp3) is 0.550. The van der Waals surface area contributed by atoms with Crippen LogP contribution in [0.4, 0.5) is 0 Å². The van der Waals surface area contributed by atoms with E-state index in [0.717, 1.165) is 18.1 Å². The summed E-state index contributed by atoms with van der Waals surface area (Å²) in [5.74, 6) is 1.60. The summed E-state index contributed by atoms with van der Waals surface area (Å²) in [5, 5.41) is 8.86. The van der Waals surface area contributed by atoms with Crippen molar-refractivity contribution < 1.29 is 4.74 Å². The summed E-state index contributed by atoms with van der Waals surface area (Å²) < 4.78 is 5.36. The zero-order chi connectivity index (χ0) is 15.6. The van der Waals surface area contributed by atoms with Crippen LogP contribution in [0, 0.1) is 17.2 Å². The molecule has 0 unspecified atom stereocenters. The van der Waals surface area contributed by atoms with Gasteiger partial charge in [-0.2, -0.15) is 5.26 Å². The van der Waals surface area contributed by atoms with E-state index in [1.807, 2.05) is 25.1 Å². The lowest BCUT2D eigenvalue weighted by Gasteiger charge is -2.28. The highest BCUT2D eigenvalue weighted by molar-refractivity contribution is 5.33. The summed E-state index contributed by atoms with van der Waals surface area (Å²) in [6, 6.07) is 10.4. The molecule has 1 aromatic rings. The highest BCUT2D eigenvalue weighted by Crippen LogP contribution is 2.37. The first-order valence-electron chi connectivity index (χ1n) is 8.56. The molecule has 0 heterocycles. The van der Waals surface area contributed by atoms with Crippen LogP contribution >= 0.6 is 0 Å². The van der Waals surface area contributed by atoms with Crippen LogP contribution in [0.25, 0.3) is 0 Å². The van der Waals surface area contributed by atoms with Crippen molar-refractivity contribution >= 4 is 0 Å². The summed E-state index contributed by atoms with van der Waals surface area (Å²) in [4.78, 5) is 0. The third-order valence-corrected chi connectivity index (χ3v) is 4.71. The van der Waals surface area contributed by atoms with Crippen LogP contribution in [0.2, 0.25) is 0 Å². The van der Waals surface area contributed by atoms with Crippen molar-refractivity contribution in [3.8, 4) is 6.07 Å². The van der Waals surface area contributed by atoms with E-state index in [1.165, 1.54) is 50.5 Å². The average molecular weight is 297 g/mol. The average Bonchev–Trinajstić information content (AvgIpc) is 2.59. The van der Waals surface area contributed by atoms with E-state index in [4.69, 9.17) is 10.00 Å². The van der Waals surface area contributed by atoms with Gasteiger partial charge in [-0.15, -0.1) is 0 Å². The van der Waals surface area contributed by atoms with Gasteiger partial charge >= 0.3 is 0 Å². The number of nitrogens with zero attached hydrogens (tertiary/aromatic N) is 1. The Morgan fingerprint density at radius 2 is 1.86 bits per heavy atom. The number of hydrogen-bond acceptors (Lipinski definition) is 2. The number of allylic oxidation sites excluding steroid dienone is 1. The van der Waals surface area contributed by atoms with Crippen LogP contribution in [0.5, 0.6) is 0 Å². The highest BCUT2D eigenvalue weighted by Gasteiger charge is 2.21. The SMILES string of the molecule is C/C=C/OCCCCC1CCC(c2ccc(C#N)cc2)CC1. The molecule has 1 aromatic carbocycles. The lowest BCUT2D eigenvalue weighted by atomic mass is 9.77. The number of hydrogen-bond donors (Lipinski definition) is 0. The van der Waals surface area contributed by atoms with Gasteiger partial charge in [0.1, 0.15) is 0 Å². The van der Waals surface area contributed by atoms with Crippen LogP contribution < -0.4 is 0 Å². The second-order valence-electron chi connectivity index (χ2n) is 6.29. The standard InChI is InChI=1S/C20H27NO/c1-2-14-22-15-4-3-5-17-6-10-19(11-7-17)20-12-8-18(16-21)9-13-20/h2,8-9,12-14,17,19H,3-7,10-11,15H2,1H3/b14-2+. The molecule has 2 rings (SSSR count). The molecular weight excluding hydrogens is 270 g/mol. The number of unbranched alkanes of at least 4 members (excludes halogenated alkanes) is 1. The van der Waals surface area contributed by atoms with Crippen LogP contribution in [-0.4, -0.2) is 6.61 Å². The zero-order valence-corrected chi connectivity index (χ0v) is 13.6. The van der Waals surface area contributed by atoms with E-state index >= 15 is 0 Å². The molecule has 0 spiro atoms. The Morgan fingerprint density at radius 3 is 2.50 bits per heavy atom. The first-order chi connectivity index (χ1) is 10.8. The fourth-order valence-electron chi connectivity index (χ4n) is 3.40. The molecule has 0 atom stereocenters. The Morgan fingerprint density at radius 1 is 1.14 bits per heavy atom. The molecule has 118 valence electrons. The molecular formula is C20H27NO. The second-order valence-corrected chi connectivity index (χ2v) is 6.29. The van der Waals surface area contributed by atoms with Crippen molar-refractivity contribution in [1.82, 2.24) is 0 Å². The minimum Gasteiger partial charge on any atom is -0.502 e. The topological polar surface area (TPSA) is 33.0 Å². The molecule has 0 bridgehead atoms. The molecule has 0 aliphatic heterocycles. The van der Waals surface area contributed by atoms with Crippen molar-refractivity contribution in [2.24, 2.45) is 5.92 Å². The Labute approximate surface area is 134 Å². The van der Waals surface area contributed by atoms with Gasteiger partial charge in [0.15, 0.2) is 0 Å². The first-order valence-corrected chi connectivity index (χ1v) is 8.56. The molecule has 0 amide bonds. The van der Waals surface area contributed by atoms with Crippen LogP contribution in [-0.2, 0) is 4.74 Å². The zero-order valence-electron chi connectivity index (χ0n) is 13.6. The normalized spacial score (nSPS) is 21.6. The van der Waals surface area contributed by atoms with Crippen LogP contribution in [0.15, 0.2) is 36.6 Å². The first kappa shape index (κ1) is 16.6. The summed E-state index contributed by atoms with van der Waals surface area (Å²) >= 11 is 0. The van der Waals surface area contributed by atoms with Gasteiger partial charge in [0.25, 0.3) is 0 Å². The van der Waals surface area contributed by atoms with Gasteiger partial charge in [0, 0.05) is 0 Å². The van der Waals surface area contributed by atoms with Gasteiger partial charge in [0.05, 0.1) is 24.5 Å². The predicted octanol–water partition coefficient (Wildman–Crippen LogP) is 5.55. The molecule has 0 aromatic heterocycles. The summed E-state index contributed by atoms with van der Waals surface area (Å²) in [7, 11) is 0. The lowest BCUT2D eigenvalue weighted by Crippen LogP contribution is -2.13. The van der Waals surface area contributed by atoms with Gasteiger partial charge in [-0.25, -0.2) is 0 Å². The fourth-order valence-corrected chi connectivity index (χ4v) is 3.40. The van der Waals surface area contributed by atoms with E-state index in [1.54, 1.807) is 6.26 Å². The molecule has 2 heteroatoms. The van der Waals surface area contributed by atoms with Crippen LogP contribution in [0.1, 0.15) is 68.9 Å². The molecule has 22 heavy (non-hydrogen) atoms. The summed E-state index contributed by atoms with van der Waals surface area (Å²) in [6.07, 6.45) is 12.8. The van der Waals surface area contributed by atoms with E-state index in [9.17, 15) is 0 Å². The Balaban J connectivity index is 1.66. The van der Waals surface area contributed by atoms with Crippen molar-refractivity contribution in [1.29, 1.82) is 5.26 Å². The maximum atomic E-state index is 8.86. The van der Waals surface area contributed by atoms with Crippen molar-refractivity contribution in [2.75, 3.05) is 6.61 Å². The Hall–Kier alpha value is -1.75. The minimum atomic E-state index is 0.696. The Bertz CT molecular complexity index is 489. The molecule has 1 saturated carbocycles. The monoisotopic (exact) mass is 297 g/mol. The largest absolute Gasteiger partial charge is 0.502 e. The summed E-state index contributed by atoms with van der Waals surface area (Å²) in [6.45, 7) is 2.83. The van der Waals surface area contributed by atoms with E-state index in [0.29, 0.717) is 5.92 Å². The molecule has 1 aliphatic rings. The minimum absolute atomic E-state index is 0.696. The quantitative estimate of drug-likeness (QED) is 0.488. The van der Waals surface area contributed by atoms with Crippen molar-refractivity contribution in [2.45, 2.75) is 57.8 Å². The molecule has 1 fully saturated rings. The highest BCUT2D eigenvalue weighted by atomic mass is 16.5. The number of ether oxygens (including phenoxy) is 1. The predicted molar refractivity (Wildman–Crippen MR) is 90.5 cm³/mol. The Kier molecular flexibility index (Phi) is 7.03. The van der Waals surface area contributed by atoms with E-state index in [-0.39, 0.29) is 0 Å². The third kappa shape index (κ3) is 5.22. The lowest BCUT2D eigenvalue weighted by molar-refractivity contribution is 0.231. The van der Waals surface area contributed by atoms with Crippen molar-refractivity contribution in [3.63, 3.8) is 0 Å². The second kappa shape index (κ2) is 9.30. The van der Waals surface area contributed by atoms with E-state index < -0.39 is 0 Å². The van der Waals surface area contributed by atoms with Gasteiger partial charge in [-0.3, -0.25) is 0 Å². The maximum Gasteiger partial charge on any atom is 0.0991 e. The molecule has 2 nitrogen and oxygen atoms in total. The number of rotatable bonds is 7. The maximum absolute atomic E-state index is 8.86.